The number of aliphatic hydroxyl groups is 2. The van der Waals surface area contributed by atoms with Gasteiger partial charge in [-0.05, 0) is 50.2 Å². The number of rotatable bonds is 0. The first-order chi connectivity index (χ1) is 10.7. The zero-order chi connectivity index (χ0) is 14.6. The molecule has 6 rings (SSSR count). The quantitative estimate of drug-likeness (QED) is 0.387. The average Bonchev–Trinajstić information content (AvgIpc) is 3.24. The van der Waals surface area contributed by atoms with Crippen molar-refractivity contribution in [2.45, 2.75) is 30.8 Å². The third kappa shape index (κ3) is 1.17. The summed E-state index contributed by atoms with van der Waals surface area (Å²) in [5, 5.41) is 25.7. The molecule has 1 saturated heterocycles. The molecule has 1 heterocycles. The normalized spacial score (nSPS) is 30.8. The van der Waals surface area contributed by atoms with Gasteiger partial charge >= 0.3 is 0 Å². The molecule has 3 aliphatic rings. The van der Waals surface area contributed by atoms with E-state index in [1.165, 1.54) is 32.7 Å². The number of epoxide rings is 1. The molecule has 3 nitrogen and oxygen atoms in total. The Hall–Kier alpha value is -1.94. The zero-order valence-electron chi connectivity index (χ0n) is 11.8. The van der Waals surface area contributed by atoms with Crippen molar-refractivity contribution < 1.29 is 14.9 Å². The van der Waals surface area contributed by atoms with Crippen LogP contribution >= 0.6 is 0 Å². The summed E-state index contributed by atoms with van der Waals surface area (Å²) in [5.41, 5.74) is 4.54. The molecular weight excluding hydrogens is 276 g/mol. The van der Waals surface area contributed by atoms with Crippen LogP contribution in [0, 0.1) is 0 Å². The monoisotopic (exact) mass is 290 g/mol. The third-order valence-electron chi connectivity index (χ3n) is 5.55. The second-order valence-electron chi connectivity index (χ2n) is 6.68. The highest BCUT2D eigenvalue weighted by Gasteiger charge is 2.54. The van der Waals surface area contributed by atoms with E-state index < -0.39 is 12.2 Å². The maximum Gasteiger partial charge on any atom is 0.118 e. The summed E-state index contributed by atoms with van der Waals surface area (Å²) in [6, 6.07) is 12.8. The summed E-state index contributed by atoms with van der Waals surface area (Å²) >= 11 is 0. The van der Waals surface area contributed by atoms with Gasteiger partial charge in [0.2, 0.25) is 0 Å². The van der Waals surface area contributed by atoms with E-state index in [4.69, 9.17) is 4.74 Å². The Labute approximate surface area is 126 Å². The molecule has 0 spiro atoms. The van der Waals surface area contributed by atoms with Gasteiger partial charge in [-0.3, -0.25) is 0 Å². The molecule has 0 saturated carbocycles. The summed E-state index contributed by atoms with van der Waals surface area (Å²) in [6.45, 7) is 0. The van der Waals surface area contributed by atoms with Crippen molar-refractivity contribution >= 4 is 21.5 Å². The van der Waals surface area contributed by atoms with Gasteiger partial charge in [0.15, 0.2) is 0 Å². The van der Waals surface area contributed by atoms with Crippen LogP contribution in [0.5, 0.6) is 0 Å². The number of aliphatic hydroxyl groups excluding tert-OH is 2. The smallest absolute Gasteiger partial charge is 0.118 e. The maximum absolute atomic E-state index is 10.5. The first-order valence-corrected chi connectivity index (χ1v) is 7.75. The van der Waals surface area contributed by atoms with E-state index in [1.54, 1.807) is 0 Å². The second kappa shape index (κ2) is 3.51. The Morgan fingerprint density at radius 2 is 1.91 bits per heavy atom. The predicted molar refractivity (Wildman–Crippen MR) is 82.8 cm³/mol. The van der Waals surface area contributed by atoms with Crippen LogP contribution in [-0.4, -0.2) is 22.4 Å². The Balaban J connectivity index is 1.80. The van der Waals surface area contributed by atoms with Crippen LogP contribution in [-0.2, 0) is 11.2 Å². The Morgan fingerprint density at radius 1 is 1.00 bits per heavy atom. The highest BCUT2D eigenvalue weighted by atomic mass is 16.6. The van der Waals surface area contributed by atoms with Crippen molar-refractivity contribution in [1.82, 2.24) is 0 Å². The largest absolute Gasteiger partial charge is 0.387 e. The molecule has 3 aromatic rings. The number of hydrogen-bond donors (Lipinski definition) is 2. The number of benzene rings is 3. The lowest BCUT2D eigenvalue weighted by atomic mass is 9.82. The van der Waals surface area contributed by atoms with Crippen LogP contribution in [0.1, 0.15) is 34.5 Å². The van der Waals surface area contributed by atoms with E-state index in [2.05, 4.69) is 36.4 Å². The van der Waals surface area contributed by atoms with Crippen LogP contribution in [0.4, 0.5) is 0 Å². The van der Waals surface area contributed by atoms with Gasteiger partial charge in [0.1, 0.15) is 24.4 Å². The van der Waals surface area contributed by atoms with E-state index in [0.717, 1.165) is 17.5 Å². The van der Waals surface area contributed by atoms with Crippen LogP contribution in [0.25, 0.3) is 21.5 Å². The fourth-order valence-corrected chi connectivity index (χ4v) is 4.54. The SMILES string of the molecule is O[C@H]1[C@H]2O[C@H]2c2c(cc3c4c2ccc2cccc(c24)C3)[C@@H]1O. The van der Waals surface area contributed by atoms with Gasteiger partial charge in [-0.2, -0.15) is 0 Å². The molecule has 4 atom stereocenters. The molecule has 2 N–H and O–H groups in total. The molecule has 0 bridgehead atoms. The van der Waals surface area contributed by atoms with Crippen LogP contribution < -0.4 is 0 Å². The molecule has 0 unspecified atom stereocenters. The lowest BCUT2D eigenvalue weighted by molar-refractivity contribution is 0.0000768. The highest BCUT2D eigenvalue weighted by Crippen LogP contribution is 2.55. The number of fused-ring (bicyclic) bond motifs is 4. The minimum absolute atomic E-state index is 0.0623. The zero-order valence-corrected chi connectivity index (χ0v) is 11.8. The maximum atomic E-state index is 10.5. The molecule has 2 aliphatic carbocycles. The minimum atomic E-state index is -0.848. The summed E-state index contributed by atoms with van der Waals surface area (Å²) < 4.78 is 5.65. The van der Waals surface area contributed by atoms with E-state index in [-0.39, 0.29) is 12.2 Å². The Bertz CT molecular complexity index is 991. The fraction of sp³-hybridized carbons (Fsp3) is 0.263. The van der Waals surface area contributed by atoms with Gasteiger partial charge in [-0.1, -0.05) is 36.4 Å². The molecule has 0 radical (unpaired) electrons. The number of hydrogen-bond acceptors (Lipinski definition) is 3. The van der Waals surface area contributed by atoms with Crippen molar-refractivity contribution in [3.8, 4) is 0 Å². The van der Waals surface area contributed by atoms with E-state index in [9.17, 15) is 10.2 Å². The lowest BCUT2D eigenvalue weighted by Gasteiger charge is -2.25. The molecule has 3 aromatic carbocycles. The molecular formula is C19H14O3. The average molecular weight is 290 g/mol. The van der Waals surface area contributed by atoms with Crippen LogP contribution in [0.3, 0.4) is 0 Å². The Kier molecular flexibility index (Phi) is 1.85. The van der Waals surface area contributed by atoms with Crippen LogP contribution in [0.15, 0.2) is 36.4 Å². The molecule has 0 amide bonds. The van der Waals surface area contributed by atoms with Gasteiger partial charge in [0, 0.05) is 0 Å². The highest BCUT2D eigenvalue weighted by molar-refractivity contribution is 6.14. The van der Waals surface area contributed by atoms with Crippen molar-refractivity contribution in [3.63, 3.8) is 0 Å². The van der Waals surface area contributed by atoms with Gasteiger partial charge < -0.3 is 14.9 Å². The topological polar surface area (TPSA) is 53.0 Å². The van der Waals surface area contributed by atoms with Gasteiger partial charge in [-0.15, -0.1) is 0 Å². The second-order valence-corrected chi connectivity index (χ2v) is 6.68. The first kappa shape index (κ1) is 11.6. The standard InChI is InChI=1S/C19H14O3/c20-16-12-7-10-6-9-3-1-2-8-4-5-11(14(10)13(8)9)15(12)18-19(22-18)17(16)21/h1-5,7,16-21H,6H2/t16-,17+,18-,19+/m0/s1. The molecule has 22 heavy (non-hydrogen) atoms. The molecule has 1 fully saturated rings. The number of ether oxygens (including phenoxy) is 1. The van der Waals surface area contributed by atoms with E-state index in [0.29, 0.717) is 0 Å². The lowest BCUT2D eigenvalue weighted by Crippen LogP contribution is -2.29. The molecule has 108 valence electrons. The summed E-state index contributed by atoms with van der Waals surface area (Å²) in [6.07, 6.45) is -1.07. The van der Waals surface area contributed by atoms with Crippen molar-refractivity contribution in [2.75, 3.05) is 0 Å². The summed E-state index contributed by atoms with van der Waals surface area (Å²) in [5.74, 6) is 0. The van der Waals surface area contributed by atoms with E-state index >= 15 is 0 Å². The van der Waals surface area contributed by atoms with Crippen molar-refractivity contribution in [3.05, 3.63) is 58.7 Å². The van der Waals surface area contributed by atoms with Crippen molar-refractivity contribution in [2.24, 2.45) is 0 Å². The van der Waals surface area contributed by atoms with Gasteiger partial charge in [-0.25, -0.2) is 0 Å². The van der Waals surface area contributed by atoms with E-state index in [1.807, 2.05) is 0 Å². The van der Waals surface area contributed by atoms with Gasteiger partial charge in [0.05, 0.1) is 0 Å². The van der Waals surface area contributed by atoms with Gasteiger partial charge in [0.25, 0.3) is 0 Å². The summed E-state index contributed by atoms with van der Waals surface area (Å²) in [4.78, 5) is 0. The third-order valence-corrected chi connectivity index (χ3v) is 5.55. The Morgan fingerprint density at radius 3 is 2.82 bits per heavy atom. The minimum Gasteiger partial charge on any atom is -0.387 e. The molecule has 3 heteroatoms. The predicted octanol–water partition coefficient (Wildman–Crippen LogP) is 2.75. The molecule has 0 aromatic heterocycles. The summed E-state index contributed by atoms with van der Waals surface area (Å²) in [7, 11) is 0. The fourth-order valence-electron chi connectivity index (χ4n) is 4.54. The first-order valence-electron chi connectivity index (χ1n) is 7.75. The van der Waals surface area contributed by atoms with Crippen LogP contribution in [0.2, 0.25) is 0 Å². The van der Waals surface area contributed by atoms with Crippen molar-refractivity contribution in [1.29, 1.82) is 0 Å². The molecule has 1 aliphatic heterocycles.